The number of carbonyl (C=O) groups is 1. The molecule has 0 bridgehead atoms. The minimum absolute atomic E-state index is 0.0475. The number of unbranched alkanes of at least 4 members (excludes halogenated alkanes) is 5. The predicted octanol–water partition coefficient (Wildman–Crippen LogP) is 3.77. The molecule has 0 aromatic heterocycles. The highest BCUT2D eigenvalue weighted by Crippen LogP contribution is 2.22. The Bertz CT molecular complexity index is 455. The lowest BCUT2D eigenvalue weighted by atomic mass is 10.1. The summed E-state index contributed by atoms with van der Waals surface area (Å²) in [7, 11) is 0. The maximum Gasteiger partial charge on any atom is 0.360 e. The van der Waals surface area contributed by atoms with E-state index in [1.165, 1.54) is 32.1 Å². The summed E-state index contributed by atoms with van der Waals surface area (Å²) in [5.41, 5.74) is 6.04. The van der Waals surface area contributed by atoms with Crippen molar-refractivity contribution < 1.29 is 14.4 Å². The standard InChI is InChI=1S/C18H31N3O2/c1-3-4-5-6-7-8-9-10-11-12-17-20-13-14-21(17,16(2)19)15-18(22)23/h9-10,13-14,16H,3-8,11-12,15,19H2,1-2H3/p+1/b10-9+. The van der Waals surface area contributed by atoms with Crippen LogP contribution in [0.5, 0.6) is 0 Å². The summed E-state index contributed by atoms with van der Waals surface area (Å²) in [6.07, 6.45) is 16.8. The van der Waals surface area contributed by atoms with Crippen molar-refractivity contribution in [2.75, 3.05) is 6.54 Å². The monoisotopic (exact) mass is 322 g/mol. The van der Waals surface area contributed by atoms with E-state index in [1.54, 1.807) is 12.4 Å². The zero-order valence-electron chi connectivity index (χ0n) is 14.6. The molecule has 130 valence electrons. The number of hydrogen-bond acceptors (Lipinski definition) is 3. The SMILES string of the molecule is CCCCCCC/C=C/CCC1=NC=C[N+]1(CC(=O)O)C(C)N. The topological polar surface area (TPSA) is 75.7 Å². The van der Waals surface area contributed by atoms with Gasteiger partial charge in [-0.3, -0.25) is 5.73 Å². The fourth-order valence-electron chi connectivity index (χ4n) is 2.90. The highest BCUT2D eigenvalue weighted by molar-refractivity contribution is 5.81. The zero-order valence-corrected chi connectivity index (χ0v) is 14.6. The molecule has 0 spiro atoms. The lowest BCUT2D eigenvalue weighted by Crippen LogP contribution is -2.59. The molecule has 5 nitrogen and oxygen atoms in total. The molecule has 3 N–H and O–H groups in total. The Labute approximate surface area is 140 Å². The van der Waals surface area contributed by atoms with Gasteiger partial charge in [-0.15, -0.1) is 0 Å². The van der Waals surface area contributed by atoms with Gasteiger partial charge in [0.15, 0.2) is 6.54 Å². The molecule has 0 radical (unpaired) electrons. The largest absolute Gasteiger partial charge is 0.477 e. The van der Waals surface area contributed by atoms with Crippen molar-refractivity contribution in [2.24, 2.45) is 10.7 Å². The second kappa shape index (κ2) is 10.3. The molecule has 0 aromatic rings. The van der Waals surface area contributed by atoms with Gasteiger partial charge in [-0.25, -0.2) is 14.3 Å². The first kappa shape index (κ1) is 19.6. The molecule has 5 heteroatoms. The van der Waals surface area contributed by atoms with Crippen LogP contribution in [-0.4, -0.2) is 34.1 Å². The highest BCUT2D eigenvalue weighted by atomic mass is 16.4. The summed E-state index contributed by atoms with van der Waals surface area (Å²) in [6, 6.07) is 0. The second-order valence-corrected chi connectivity index (χ2v) is 6.28. The predicted molar refractivity (Wildman–Crippen MR) is 94.7 cm³/mol. The van der Waals surface area contributed by atoms with E-state index in [9.17, 15) is 4.79 Å². The van der Waals surface area contributed by atoms with Gasteiger partial charge in [0.1, 0.15) is 12.4 Å². The van der Waals surface area contributed by atoms with E-state index in [0.29, 0.717) is 0 Å². The Morgan fingerprint density at radius 1 is 1.30 bits per heavy atom. The summed E-state index contributed by atoms with van der Waals surface area (Å²) in [4.78, 5) is 15.5. The van der Waals surface area contributed by atoms with E-state index in [2.05, 4.69) is 24.1 Å². The van der Waals surface area contributed by atoms with Crippen molar-refractivity contribution in [3.63, 3.8) is 0 Å². The Morgan fingerprint density at radius 3 is 2.65 bits per heavy atom. The molecule has 1 heterocycles. The molecule has 0 saturated heterocycles. The smallest absolute Gasteiger partial charge is 0.360 e. The average Bonchev–Trinajstić information content (AvgIpc) is 2.89. The van der Waals surface area contributed by atoms with E-state index >= 15 is 0 Å². The minimum Gasteiger partial charge on any atom is -0.477 e. The van der Waals surface area contributed by atoms with Crippen LogP contribution >= 0.6 is 0 Å². The van der Waals surface area contributed by atoms with Crippen LogP contribution in [0.1, 0.15) is 65.2 Å². The van der Waals surface area contributed by atoms with E-state index in [0.717, 1.165) is 25.1 Å². The number of nitrogens with two attached hydrogens (primary N) is 1. The van der Waals surface area contributed by atoms with Gasteiger partial charge in [0.2, 0.25) is 5.84 Å². The number of carboxylic acids is 1. The third kappa shape index (κ3) is 6.28. The molecule has 1 aliphatic rings. The number of quaternary nitrogens is 1. The zero-order chi connectivity index (χ0) is 17.1. The van der Waals surface area contributed by atoms with Crippen LogP contribution in [0.15, 0.2) is 29.5 Å². The van der Waals surface area contributed by atoms with Crippen LogP contribution in [-0.2, 0) is 4.79 Å². The fourth-order valence-corrected chi connectivity index (χ4v) is 2.90. The van der Waals surface area contributed by atoms with E-state index < -0.39 is 5.97 Å². The molecule has 0 fully saturated rings. The maximum atomic E-state index is 11.2. The van der Waals surface area contributed by atoms with E-state index in [-0.39, 0.29) is 17.2 Å². The van der Waals surface area contributed by atoms with Crippen LogP contribution < -0.4 is 5.73 Å². The molecule has 2 atom stereocenters. The number of amidine groups is 1. The normalized spacial score (nSPS) is 21.8. The van der Waals surface area contributed by atoms with Gasteiger partial charge in [-0.05, 0) is 19.3 Å². The molecular weight excluding hydrogens is 290 g/mol. The van der Waals surface area contributed by atoms with Crippen LogP contribution in [0.2, 0.25) is 0 Å². The summed E-state index contributed by atoms with van der Waals surface area (Å²) in [6.45, 7) is 4.01. The van der Waals surface area contributed by atoms with Gasteiger partial charge in [-0.2, -0.15) is 0 Å². The van der Waals surface area contributed by atoms with Gasteiger partial charge < -0.3 is 5.11 Å². The first-order valence-corrected chi connectivity index (χ1v) is 8.77. The van der Waals surface area contributed by atoms with Crippen molar-refractivity contribution in [2.45, 2.75) is 71.4 Å². The number of nitrogens with zero attached hydrogens (tertiary/aromatic N) is 2. The highest BCUT2D eigenvalue weighted by Gasteiger charge is 2.40. The molecule has 1 rings (SSSR count). The molecule has 23 heavy (non-hydrogen) atoms. The number of hydrogen-bond donors (Lipinski definition) is 2. The summed E-state index contributed by atoms with van der Waals surface area (Å²) >= 11 is 0. The van der Waals surface area contributed by atoms with Gasteiger partial charge in [-0.1, -0.05) is 44.8 Å². The van der Waals surface area contributed by atoms with E-state index in [4.69, 9.17) is 10.8 Å². The third-order valence-electron chi connectivity index (χ3n) is 4.34. The number of aliphatic imine (C=N–C) groups is 1. The van der Waals surface area contributed by atoms with Crippen molar-refractivity contribution in [1.29, 1.82) is 0 Å². The molecular formula is C18H32N3O2+. The Balaban J connectivity index is 2.37. The van der Waals surface area contributed by atoms with Crippen molar-refractivity contribution in [3.8, 4) is 0 Å². The first-order valence-electron chi connectivity index (χ1n) is 8.77. The van der Waals surface area contributed by atoms with Gasteiger partial charge in [0.25, 0.3) is 0 Å². The van der Waals surface area contributed by atoms with Gasteiger partial charge in [0.05, 0.1) is 6.20 Å². The Morgan fingerprint density at radius 2 is 2.00 bits per heavy atom. The number of carboxylic acid groups (broad SMARTS) is 1. The van der Waals surface area contributed by atoms with Crippen molar-refractivity contribution in [1.82, 2.24) is 0 Å². The van der Waals surface area contributed by atoms with Crippen LogP contribution in [0, 0.1) is 0 Å². The van der Waals surface area contributed by atoms with Crippen LogP contribution in [0.3, 0.4) is 0 Å². The Hall–Kier alpha value is -1.46. The van der Waals surface area contributed by atoms with Crippen LogP contribution in [0.4, 0.5) is 0 Å². The average molecular weight is 322 g/mol. The quantitative estimate of drug-likeness (QED) is 0.326. The minimum atomic E-state index is -0.857. The number of aliphatic carboxylic acids is 1. The molecule has 0 aromatic carbocycles. The van der Waals surface area contributed by atoms with Gasteiger partial charge in [0, 0.05) is 13.3 Å². The molecule has 0 saturated carbocycles. The Kier molecular flexibility index (Phi) is 8.81. The molecule has 0 aliphatic carbocycles. The fraction of sp³-hybridized carbons (Fsp3) is 0.667. The van der Waals surface area contributed by atoms with Crippen molar-refractivity contribution >= 4 is 11.8 Å². The summed E-state index contributed by atoms with van der Waals surface area (Å²) < 4.78 is 0.139. The lowest BCUT2D eigenvalue weighted by Gasteiger charge is -2.34. The van der Waals surface area contributed by atoms with Crippen LogP contribution in [0.25, 0.3) is 0 Å². The molecule has 1 aliphatic heterocycles. The number of allylic oxidation sites excluding steroid dienone is 2. The summed E-state index contributed by atoms with van der Waals surface area (Å²) in [5, 5.41) is 9.16. The number of rotatable bonds is 12. The maximum absolute atomic E-state index is 11.2. The lowest BCUT2D eigenvalue weighted by molar-refractivity contribution is -0.805. The van der Waals surface area contributed by atoms with Gasteiger partial charge >= 0.3 is 5.97 Å². The second-order valence-electron chi connectivity index (χ2n) is 6.28. The van der Waals surface area contributed by atoms with E-state index in [1.807, 2.05) is 6.92 Å². The first-order chi connectivity index (χ1) is 11.0. The summed E-state index contributed by atoms with van der Waals surface area (Å²) in [5.74, 6) is -0.0147. The molecule has 0 amide bonds. The molecule has 2 unspecified atom stereocenters. The third-order valence-corrected chi connectivity index (χ3v) is 4.34. The van der Waals surface area contributed by atoms with Crippen molar-refractivity contribution in [3.05, 3.63) is 24.6 Å².